The Morgan fingerprint density at radius 3 is 2.29 bits per heavy atom. The lowest BCUT2D eigenvalue weighted by Crippen LogP contribution is -2.26. The van der Waals surface area contributed by atoms with E-state index < -0.39 is 10.0 Å². The van der Waals surface area contributed by atoms with Crippen LogP contribution in [0.5, 0.6) is 0 Å². The molecule has 0 atom stereocenters. The summed E-state index contributed by atoms with van der Waals surface area (Å²) >= 11 is 0.937. The molecule has 3 aromatic rings. The monoisotopic (exact) mass is 415 g/mol. The molecule has 0 aliphatic rings. The fourth-order valence-corrected chi connectivity index (χ4v) is 4.50. The third-order valence-corrected chi connectivity index (χ3v) is 6.41. The third kappa shape index (κ3) is 4.32. The van der Waals surface area contributed by atoms with Crippen molar-refractivity contribution in [3.8, 4) is 0 Å². The number of aromatic nitrogens is 2. The molecule has 7 nitrogen and oxygen atoms in total. The number of H-pyrrole nitrogens is 1. The molecule has 28 heavy (non-hydrogen) atoms. The van der Waals surface area contributed by atoms with Crippen LogP contribution in [0.25, 0.3) is 0 Å². The van der Waals surface area contributed by atoms with Gasteiger partial charge in [0.25, 0.3) is 10.0 Å². The van der Waals surface area contributed by atoms with Crippen LogP contribution in [-0.2, 0) is 14.8 Å². The van der Waals surface area contributed by atoms with Gasteiger partial charge in [-0.15, -0.1) is 0 Å². The van der Waals surface area contributed by atoms with Gasteiger partial charge in [-0.05, 0) is 36.4 Å². The normalized spacial score (nSPS) is 11.2. The van der Waals surface area contributed by atoms with Gasteiger partial charge < -0.3 is 0 Å². The van der Waals surface area contributed by atoms with Crippen molar-refractivity contribution >= 4 is 44.1 Å². The van der Waals surface area contributed by atoms with E-state index in [0.717, 1.165) is 16.1 Å². The number of carbonyl (C=O) groups excluding carboxylic acids is 2. The summed E-state index contributed by atoms with van der Waals surface area (Å²) in [5, 5.41) is 6.32. The van der Waals surface area contributed by atoms with Gasteiger partial charge in [-0.3, -0.25) is 14.7 Å². The van der Waals surface area contributed by atoms with Gasteiger partial charge in [-0.1, -0.05) is 30.0 Å². The Hall–Kier alpha value is -2.91. The van der Waals surface area contributed by atoms with Crippen LogP contribution in [0, 0.1) is 0 Å². The second kappa shape index (κ2) is 8.41. The molecule has 0 amide bonds. The van der Waals surface area contributed by atoms with Gasteiger partial charge in [-0.2, -0.15) is 5.10 Å². The predicted octanol–water partition coefficient (Wildman–Crippen LogP) is 3.40. The first kappa shape index (κ1) is 19.8. The predicted molar refractivity (Wildman–Crippen MR) is 108 cm³/mol. The van der Waals surface area contributed by atoms with E-state index in [4.69, 9.17) is 0 Å². The number of nitrogens with one attached hydrogen (secondary N) is 1. The van der Waals surface area contributed by atoms with Crippen molar-refractivity contribution in [2.75, 3.05) is 10.1 Å². The first-order chi connectivity index (χ1) is 13.4. The van der Waals surface area contributed by atoms with Crippen LogP contribution < -0.4 is 4.31 Å². The molecule has 0 spiro atoms. The van der Waals surface area contributed by atoms with Gasteiger partial charge >= 0.3 is 0 Å². The highest BCUT2D eigenvalue weighted by Crippen LogP contribution is 2.32. The smallest absolute Gasteiger partial charge is 0.268 e. The number of Topliss-reactive ketones (excluding diaryl/α,β-unsaturated/α-hetero) is 1. The molecule has 1 aromatic heterocycles. The van der Waals surface area contributed by atoms with E-state index in [1.807, 2.05) is 0 Å². The lowest BCUT2D eigenvalue weighted by atomic mass is 10.1. The molecule has 144 valence electrons. The van der Waals surface area contributed by atoms with Gasteiger partial charge in [0.05, 0.1) is 28.2 Å². The Kier molecular flexibility index (Phi) is 5.96. The first-order valence-corrected chi connectivity index (χ1v) is 10.7. The molecular weight excluding hydrogens is 398 g/mol. The molecule has 0 bridgehead atoms. The molecule has 3 rings (SSSR count). The minimum absolute atomic E-state index is 0.0441. The summed E-state index contributed by atoms with van der Waals surface area (Å²) in [7, 11) is -3.89. The molecule has 0 unspecified atom stereocenters. The topological polar surface area (TPSA) is 100 Å². The first-order valence-electron chi connectivity index (χ1n) is 8.25. The molecule has 1 heterocycles. The highest BCUT2D eigenvalue weighted by Gasteiger charge is 2.27. The molecule has 0 aliphatic heterocycles. The Labute approximate surface area is 166 Å². The average molecular weight is 415 g/mol. The molecular formula is C19H17N3O4S2. The summed E-state index contributed by atoms with van der Waals surface area (Å²) in [5.74, 6) is -0.157. The summed E-state index contributed by atoms with van der Waals surface area (Å²) < 4.78 is 27.6. The number of carbonyl (C=O) groups is 2. The number of hydrogen-bond donors (Lipinski definition) is 1. The number of rotatable bonds is 7. The summed E-state index contributed by atoms with van der Waals surface area (Å²) in [6.07, 6.45) is 2.88. The number of hydrogen-bond acceptors (Lipinski definition) is 6. The zero-order valence-corrected chi connectivity index (χ0v) is 16.5. The maximum absolute atomic E-state index is 13.2. The zero-order valence-electron chi connectivity index (χ0n) is 14.9. The number of anilines is 2. The highest BCUT2D eigenvalue weighted by molar-refractivity contribution is 8.14. The van der Waals surface area contributed by atoms with Crippen LogP contribution in [0.4, 0.5) is 11.4 Å². The number of ketones is 1. The third-order valence-electron chi connectivity index (χ3n) is 3.83. The average Bonchev–Trinajstić information content (AvgIpc) is 3.21. The maximum Gasteiger partial charge on any atom is 0.268 e. The van der Waals surface area contributed by atoms with E-state index in [9.17, 15) is 18.0 Å². The molecule has 0 saturated heterocycles. The van der Waals surface area contributed by atoms with E-state index >= 15 is 0 Å². The zero-order chi connectivity index (χ0) is 20.1. The van der Waals surface area contributed by atoms with E-state index in [2.05, 4.69) is 10.2 Å². The van der Waals surface area contributed by atoms with Crippen molar-refractivity contribution in [3.05, 3.63) is 72.6 Å². The van der Waals surface area contributed by atoms with E-state index in [-0.39, 0.29) is 21.5 Å². The summed E-state index contributed by atoms with van der Waals surface area (Å²) in [6, 6.07) is 14.3. The molecule has 1 N–H and O–H groups in total. The minimum Gasteiger partial charge on any atom is -0.293 e. The van der Waals surface area contributed by atoms with Gasteiger partial charge in [-0.25, -0.2) is 12.7 Å². The van der Waals surface area contributed by atoms with Gasteiger partial charge in [0.15, 0.2) is 10.9 Å². The molecule has 0 radical (unpaired) electrons. The standard InChI is InChI=1S/C19H17N3O4S2/c1-14(23)27-13-19(24)15-7-9-16(10-8-15)22(17-11-20-21-12-17)28(25,26)18-5-3-2-4-6-18/h2-12H,13H2,1H3,(H,20,21). The highest BCUT2D eigenvalue weighted by atomic mass is 32.2. The lowest BCUT2D eigenvalue weighted by Gasteiger charge is -2.23. The fraction of sp³-hybridized carbons (Fsp3) is 0.105. The molecule has 9 heteroatoms. The van der Waals surface area contributed by atoms with Crippen LogP contribution in [0.1, 0.15) is 17.3 Å². The van der Waals surface area contributed by atoms with Crippen molar-refractivity contribution in [2.45, 2.75) is 11.8 Å². The molecule has 0 aliphatic carbocycles. The molecule has 0 fully saturated rings. The number of nitrogens with zero attached hydrogens (tertiary/aromatic N) is 2. The Morgan fingerprint density at radius 1 is 1.04 bits per heavy atom. The van der Waals surface area contributed by atoms with Crippen molar-refractivity contribution in [2.24, 2.45) is 0 Å². The van der Waals surface area contributed by atoms with Gasteiger partial charge in [0, 0.05) is 18.7 Å². The minimum atomic E-state index is -3.89. The molecule has 0 saturated carbocycles. The SMILES string of the molecule is CC(=O)SCC(=O)c1ccc(N(c2cn[nH]c2)S(=O)(=O)c2ccccc2)cc1. The van der Waals surface area contributed by atoms with Crippen LogP contribution in [0.2, 0.25) is 0 Å². The van der Waals surface area contributed by atoms with Crippen molar-refractivity contribution in [1.82, 2.24) is 10.2 Å². The van der Waals surface area contributed by atoms with Crippen molar-refractivity contribution in [1.29, 1.82) is 0 Å². The largest absolute Gasteiger partial charge is 0.293 e. The number of aromatic amines is 1. The van der Waals surface area contributed by atoms with E-state index in [1.54, 1.807) is 42.5 Å². The quantitative estimate of drug-likeness (QED) is 0.594. The van der Waals surface area contributed by atoms with Crippen LogP contribution in [-0.4, -0.2) is 35.3 Å². The summed E-state index contributed by atoms with van der Waals surface area (Å²) in [4.78, 5) is 23.3. The van der Waals surface area contributed by atoms with Crippen LogP contribution in [0.3, 0.4) is 0 Å². The number of benzene rings is 2. The second-order valence-corrected chi connectivity index (χ2v) is 8.73. The van der Waals surface area contributed by atoms with E-state index in [1.165, 1.54) is 31.5 Å². The summed E-state index contributed by atoms with van der Waals surface area (Å²) in [6.45, 7) is 1.40. The maximum atomic E-state index is 13.2. The van der Waals surface area contributed by atoms with Crippen LogP contribution >= 0.6 is 11.8 Å². The number of sulfonamides is 1. The van der Waals surface area contributed by atoms with Crippen LogP contribution in [0.15, 0.2) is 71.9 Å². The fourth-order valence-electron chi connectivity index (χ4n) is 2.51. The van der Waals surface area contributed by atoms with E-state index in [0.29, 0.717) is 16.9 Å². The molecule has 2 aromatic carbocycles. The van der Waals surface area contributed by atoms with Gasteiger partial charge in [0.1, 0.15) is 0 Å². The lowest BCUT2D eigenvalue weighted by molar-refractivity contribution is -0.109. The van der Waals surface area contributed by atoms with Crippen molar-refractivity contribution < 1.29 is 18.0 Å². The Morgan fingerprint density at radius 2 is 1.71 bits per heavy atom. The Balaban J connectivity index is 1.97. The Bertz CT molecular complexity index is 1060. The second-order valence-electron chi connectivity index (χ2n) is 5.79. The number of thioether (sulfide) groups is 1. The van der Waals surface area contributed by atoms with Gasteiger partial charge in [0.2, 0.25) is 0 Å². The summed E-state index contributed by atoms with van der Waals surface area (Å²) in [5.41, 5.74) is 1.11. The van der Waals surface area contributed by atoms with Crippen molar-refractivity contribution in [3.63, 3.8) is 0 Å².